The van der Waals surface area contributed by atoms with E-state index in [4.69, 9.17) is 4.74 Å². The maximum absolute atomic E-state index is 11.3. The molecule has 0 aliphatic rings. The lowest BCUT2D eigenvalue weighted by molar-refractivity contribution is -0.139. The summed E-state index contributed by atoms with van der Waals surface area (Å²) in [6, 6.07) is 0. The van der Waals surface area contributed by atoms with Crippen molar-refractivity contribution in [3.8, 4) is 0 Å². The lowest BCUT2D eigenvalue weighted by Gasteiger charge is -2.07. The molecule has 0 aromatic carbocycles. The number of hydrogen-bond donors (Lipinski definition) is 0. The van der Waals surface area contributed by atoms with Crippen LogP contribution in [0.3, 0.4) is 0 Å². The van der Waals surface area contributed by atoms with E-state index in [-0.39, 0.29) is 5.97 Å². The molecule has 0 fully saturated rings. The van der Waals surface area contributed by atoms with E-state index in [1.807, 2.05) is 0 Å². The molecule has 0 rings (SSSR count). The highest BCUT2D eigenvalue weighted by molar-refractivity contribution is 5.86. The third-order valence-corrected chi connectivity index (χ3v) is 11.9. The van der Waals surface area contributed by atoms with Crippen LogP contribution in [0.15, 0.2) is 12.2 Å². The summed E-state index contributed by atoms with van der Waals surface area (Å²) in [5, 5.41) is 0. The number of rotatable bonds is 45. The van der Waals surface area contributed by atoms with Crippen LogP contribution >= 0.6 is 0 Å². The summed E-state index contributed by atoms with van der Waals surface area (Å²) in [6.45, 7) is 10.6. The van der Waals surface area contributed by atoms with E-state index in [2.05, 4.69) is 20.4 Å². The van der Waals surface area contributed by atoms with Crippen molar-refractivity contribution >= 4 is 5.97 Å². The highest BCUT2D eigenvalue weighted by Gasteiger charge is 2.02. The fraction of sp³-hybridized carbons (Fsp3) is 0.940. The van der Waals surface area contributed by atoms with Crippen LogP contribution in [0.5, 0.6) is 0 Å². The van der Waals surface area contributed by atoms with Crippen molar-refractivity contribution in [1.82, 2.24) is 0 Å². The van der Waals surface area contributed by atoms with Crippen LogP contribution in [-0.2, 0) is 9.53 Å². The van der Waals surface area contributed by atoms with Gasteiger partial charge in [0.1, 0.15) is 0 Å². The minimum Gasteiger partial charge on any atom is -0.462 e. The summed E-state index contributed by atoms with van der Waals surface area (Å²) in [4.78, 5) is 11.3. The maximum Gasteiger partial charge on any atom is 0.333 e. The predicted octanol–water partition coefficient (Wildman–Crippen LogP) is 18.1. The molecule has 0 radical (unpaired) electrons. The highest BCUT2D eigenvalue weighted by Crippen LogP contribution is 2.18. The first-order chi connectivity index (χ1) is 25.6. The molecule has 1 unspecified atom stereocenters. The molecule has 1 atom stereocenters. The van der Waals surface area contributed by atoms with Crippen molar-refractivity contribution in [2.75, 3.05) is 6.61 Å². The van der Waals surface area contributed by atoms with E-state index < -0.39 is 0 Å². The second-order valence-corrected chi connectivity index (χ2v) is 17.4. The first-order valence-electron chi connectivity index (χ1n) is 24.4. The Morgan fingerprint density at radius 1 is 0.385 bits per heavy atom. The monoisotopic (exact) mass is 731 g/mol. The van der Waals surface area contributed by atoms with Crippen LogP contribution in [0.1, 0.15) is 290 Å². The highest BCUT2D eigenvalue weighted by atomic mass is 16.5. The molecule has 0 bridgehead atoms. The van der Waals surface area contributed by atoms with Crippen molar-refractivity contribution in [3.63, 3.8) is 0 Å². The molecular weight excluding hydrogens is 633 g/mol. The van der Waals surface area contributed by atoms with E-state index in [1.165, 1.54) is 263 Å². The molecule has 0 N–H and O–H groups in total. The van der Waals surface area contributed by atoms with Crippen molar-refractivity contribution in [2.45, 2.75) is 290 Å². The van der Waals surface area contributed by atoms with Gasteiger partial charge in [0.15, 0.2) is 0 Å². The number of esters is 1. The molecule has 0 heterocycles. The average molecular weight is 731 g/mol. The molecule has 52 heavy (non-hydrogen) atoms. The van der Waals surface area contributed by atoms with Gasteiger partial charge in [0, 0.05) is 5.57 Å². The van der Waals surface area contributed by atoms with Crippen LogP contribution < -0.4 is 0 Å². The molecule has 2 heteroatoms. The average Bonchev–Trinajstić information content (AvgIpc) is 3.14. The molecular formula is C50H98O2. The van der Waals surface area contributed by atoms with E-state index in [1.54, 1.807) is 6.92 Å². The summed E-state index contributed by atoms with van der Waals surface area (Å²) >= 11 is 0. The van der Waals surface area contributed by atoms with Crippen LogP contribution in [0, 0.1) is 5.92 Å². The van der Waals surface area contributed by atoms with Gasteiger partial charge in [0.2, 0.25) is 0 Å². The third kappa shape index (κ3) is 43.6. The predicted molar refractivity (Wildman–Crippen MR) is 235 cm³/mol. The Labute approximate surface area is 329 Å². The number of hydrogen-bond acceptors (Lipinski definition) is 2. The molecule has 2 nitrogen and oxygen atoms in total. The molecule has 310 valence electrons. The molecule has 0 amide bonds. The first kappa shape index (κ1) is 51.2. The van der Waals surface area contributed by atoms with Gasteiger partial charge < -0.3 is 4.74 Å². The minimum atomic E-state index is -0.248. The van der Waals surface area contributed by atoms with Gasteiger partial charge in [-0.2, -0.15) is 0 Å². The molecule has 0 aromatic heterocycles. The number of carbonyl (C=O) groups excluding carboxylic acids is 1. The summed E-state index contributed by atoms with van der Waals surface area (Å²) in [5.41, 5.74) is 0.497. The van der Waals surface area contributed by atoms with E-state index >= 15 is 0 Å². The number of carbonyl (C=O) groups is 1. The second kappa shape index (κ2) is 44.6. The zero-order valence-electron chi connectivity index (χ0n) is 36.5. The van der Waals surface area contributed by atoms with Gasteiger partial charge in [0.05, 0.1) is 6.61 Å². The Kier molecular flexibility index (Phi) is 43.9. The van der Waals surface area contributed by atoms with Gasteiger partial charge in [-0.3, -0.25) is 0 Å². The molecule has 0 spiro atoms. The van der Waals surface area contributed by atoms with Gasteiger partial charge in [-0.25, -0.2) is 4.79 Å². The van der Waals surface area contributed by atoms with Crippen LogP contribution in [0.4, 0.5) is 0 Å². The van der Waals surface area contributed by atoms with Gasteiger partial charge in [-0.1, -0.05) is 284 Å². The number of unbranched alkanes of at least 4 members (excludes halogenated alkanes) is 39. The molecule has 0 saturated heterocycles. The largest absolute Gasteiger partial charge is 0.462 e. The molecule has 0 aliphatic carbocycles. The molecule has 0 aromatic rings. The Bertz CT molecular complexity index is 698. The number of ether oxygens (including phenoxy) is 1. The molecule has 0 saturated carbocycles. The third-order valence-electron chi connectivity index (χ3n) is 11.9. The minimum absolute atomic E-state index is 0.248. The second-order valence-electron chi connectivity index (χ2n) is 17.4. The van der Waals surface area contributed by atoms with E-state index in [0.29, 0.717) is 12.2 Å². The van der Waals surface area contributed by atoms with Crippen molar-refractivity contribution in [2.24, 2.45) is 5.92 Å². The Morgan fingerprint density at radius 2 is 0.577 bits per heavy atom. The van der Waals surface area contributed by atoms with Gasteiger partial charge in [0.25, 0.3) is 0 Å². The Hall–Kier alpha value is -0.790. The summed E-state index contributed by atoms with van der Waals surface area (Å²) in [7, 11) is 0. The zero-order valence-corrected chi connectivity index (χ0v) is 36.5. The summed E-state index contributed by atoms with van der Waals surface area (Å²) in [6.07, 6.45) is 60.4. The SMILES string of the molecule is C=C(C)C(=O)OCCCCCCCCCCCCCCCCCCCCCCCCCCCCCCCCCCCCCCCCCCC(C)CC. The van der Waals surface area contributed by atoms with Crippen molar-refractivity contribution in [3.05, 3.63) is 12.2 Å². The zero-order chi connectivity index (χ0) is 37.8. The van der Waals surface area contributed by atoms with E-state index in [0.717, 1.165) is 12.3 Å². The molecule has 0 aliphatic heterocycles. The Balaban J connectivity index is 3.08. The lowest BCUT2D eigenvalue weighted by atomic mass is 9.99. The maximum atomic E-state index is 11.3. The Morgan fingerprint density at radius 3 is 0.769 bits per heavy atom. The summed E-state index contributed by atoms with van der Waals surface area (Å²) < 4.78 is 5.15. The van der Waals surface area contributed by atoms with Crippen LogP contribution in [0.25, 0.3) is 0 Å². The van der Waals surface area contributed by atoms with Crippen LogP contribution in [0.2, 0.25) is 0 Å². The fourth-order valence-electron chi connectivity index (χ4n) is 7.80. The standard InChI is InChI=1S/C50H98O2/c1-5-49(4)46-44-42-40-38-36-34-32-30-28-26-24-22-20-18-16-14-12-10-8-6-7-9-11-13-15-17-19-21-23-25-27-29-31-33-35-37-39-41-43-45-47-52-50(51)48(2)3/h49H,2,5-47H2,1,3-4H3. The van der Waals surface area contributed by atoms with Crippen molar-refractivity contribution < 1.29 is 9.53 Å². The van der Waals surface area contributed by atoms with Gasteiger partial charge in [-0.15, -0.1) is 0 Å². The van der Waals surface area contributed by atoms with Gasteiger partial charge in [-0.05, 0) is 19.3 Å². The fourth-order valence-corrected chi connectivity index (χ4v) is 7.80. The van der Waals surface area contributed by atoms with Gasteiger partial charge >= 0.3 is 5.97 Å². The topological polar surface area (TPSA) is 26.3 Å². The summed E-state index contributed by atoms with van der Waals surface area (Å²) in [5.74, 6) is 0.694. The lowest BCUT2D eigenvalue weighted by Crippen LogP contribution is -2.05. The van der Waals surface area contributed by atoms with Crippen molar-refractivity contribution in [1.29, 1.82) is 0 Å². The normalized spacial score (nSPS) is 12.1. The van der Waals surface area contributed by atoms with E-state index in [9.17, 15) is 4.79 Å². The quantitative estimate of drug-likeness (QED) is 0.0354. The van der Waals surface area contributed by atoms with Crippen LogP contribution in [-0.4, -0.2) is 12.6 Å². The smallest absolute Gasteiger partial charge is 0.333 e. The first-order valence-corrected chi connectivity index (χ1v) is 24.4.